The van der Waals surface area contributed by atoms with Crippen molar-refractivity contribution in [1.82, 2.24) is 0 Å². The van der Waals surface area contributed by atoms with Gasteiger partial charge in [0.05, 0.1) is 23.8 Å². The standard InChI is InChI=1S/C13H15NO2/c1-4-10-6-11(8-14)9(3)12(7-10)13(15)16-5-2/h6-7H,4-5H2,1-3H3. The van der Waals surface area contributed by atoms with E-state index in [2.05, 4.69) is 6.07 Å². The maximum absolute atomic E-state index is 11.7. The van der Waals surface area contributed by atoms with Crippen LogP contribution < -0.4 is 0 Å². The SMILES string of the molecule is CCOC(=O)c1cc(CC)cc(C#N)c1C. The highest BCUT2D eigenvalue weighted by molar-refractivity contribution is 5.92. The third kappa shape index (κ3) is 2.40. The lowest BCUT2D eigenvalue weighted by atomic mass is 9.98. The summed E-state index contributed by atoms with van der Waals surface area (Å²) in [7, 11) is 0. The maximum atomic E-state index is 11.7. The van der Waals surface area contributed by atoms with Gasteiger partial charge in [0.15, 0.2) is 0 Å². The van der Waals surface area contributed by atoms with Crippen LogP contribution >= 0.6 is 0 Å². The van der Waals surface area contributed by atoms with Gasteiger partial charge in [0.2, 0.25) is 0 Å². The molecule has 1 aromatic rings. The van der Waals surface area contributed by atoms with Crippen LogP contribution in [0.5, 0.6) is 0 Å². The summed E-state index contributed by atoms with van der Waals surface area (Å²) in [4.78, 5) is 11.7. The van der Waals surface area contributed by atoms with E-state index in [-0.39, 0.29) is 5.97 Å². The first-order valence-corrected chi connectivity index (χ1v) is 5.34. The van der Waals surface area contributed by atoms with E-state index >= 15 is 0 Å². The molecule has 0 fully saturated rings. The van der Waals surface area contributed by atoms with E-state index in [1.807, 2.05) is 13.0 Å². The third-order valence-corrected chi connectivity index (χ3v) is 2.49. The van der Waals surface area contributed by atoms with Crippen LogP contribution in [0.2, 0.25) is 0 Å². The van der Waals surface area contributed by atoms with Crippen LogP contribution in [-0.4, -0.2) is 12.6 Å². The molecule has 16 heavy (non-hydrogen) atoms. The van der Waals surface area contributed by atoms with E-state index in [9.17, 15) is 4.79 Å². The molecule has 0 amide bonds. The predicted octanol–water partition coefficient (Wildman–Crippen LogP) is 2.61. The van der Waals surface area contributed by atoms with Crippen LogP contribution in [0.1, 0.15) is 40.9 Å². The Kier molecular flexibility index (Phi) is 4.07. The van der Waals surface area contributed by atoms with E-state index in [0.717, 1.165) is 12.0 Å². The second kappa shape index (κ2) is 5.32. The molecule has 0 bridgehead atoms. The molecule has 0 radical (unpaired) electrons. The number of benzene rings is 1. The van der Waals surface area contributed by atoms with Crippen LogP contribution in [0, 0.1) is 18.3 Å². The fourth-order valence-corrected chi connectivity index (χ4v) is 1.52. The molecule has 1 aromatic carbocycles. The van der Waals surface area contributed by atoms with Crippen molar-refractivity contribution in [1.29, 1.82) is 5.26 Å². The Bertz CT molecular complexity index is 444. The molecule has 3 nitrogen and oxygen atoms in total. The zero-order valence-corrected chi connectivity index (χ0v) is 9.83. The van der Waals surface area contributed by atoms with Crippen molar-refractivity contribution < 1.29 is 9.53 Å². The number of ether oxygens (including phenoxy) is 1. The summed E-state index contributed by atoms with van der Waals surface area (Å²) in [5.41, 5.74) is 2.71. The lowest BCUT2D eigenvalue weighted by Crippen LogP contribution is -2.08. The minimum Gasteiger partial charge on any atom is -0.462 e. The maximum Gasteiger partial charge on any atom is 0.338 e. The molecular weight excluding hydrogens is 202 g/mol. The van der Waals surface area contributed by atoms with E-state index in [1.165, 1.54) is 0 Å². The summed E-state index contributed by atoms with van der Waals surface area (Å²) in [5, 5.41) is 8.97. The summed E-state index contributed by atoms with van der Waals surface area (Å²) in [6, 6.07) is 5.72. The van der Waals surface area contributed by atoms with Gasteiger partial charge in [-0.1, -0.05) is 6.92 Å². The number of esters is 1. The quantitative estimate of drug-likeness (QED) is 0.731. The lowest BCUT2D eigenvalue weighted by molar-refractivity contribution is 0.0525. The zero-order valence-electron chi connectivity index (χ0n) is 9.83. The molecule has 0 spiro atoms. The van der Waals surface area contributed by atoms with Crippen molar-refractivity contribution in [3.05, 3.63) is 34.4 Å². The molecule has 0 heterocycles. The second-order valence-electron chi connectivity index (χ2n) is 3.50. The number of hydrogen-bond acceptors (Lipinski definition) is 3. The van der Waals surface area contributed by atoms with E-state index in [4.69, 9.17) is 10.00 Å². The largest absolute Gasteiger partial charge is 0.462 e. The van der Waals surface area contributed by atoms with Crippen molar-refractivity contribution in [2.45, 2.75) is 27.2 Å². The Balaban J connectivity index is 3.27. The number of nitrogens with zero attached hydrogens (tertiary/aromatic N) is 1. The molecule has 0 saturated heterocycles. The second-order valence-corrected chi connectivity index (χ2v) is 3.50. The van der Waals surface area contributed by atoms with E-state index in [1.54, 1.807) is 19.9 Å². The molecule has 0 aromatic heterocycles. The van der Waals surface area contributed by atoms with Crippen molar-refractivity contribution in [3.63, 3.8) is 0 Å². The Labute approximate surface area is 95.7 Å². The summed E-state index contributed by atoms with van der Waals surface area (Å²) in [5.74, 6) is -0.355. The van der Waals surface area contributed by atoms with Crippen LogP contribution in [0.4, 0.5) is 0 Å². The highest BCUT2D eigenvalue weighted by Crippen LogP contribution is 2.18. The van der Waals surface area contributed by atoms with Crippen molar-refractivity contribution >= 4 is 5.97 Å². The molecule has 84 valence electrons. The fourth-order valence-electron chi connectivity index (χ4n) is 1.52. The van der Waals surface area contributed by atoms with Crippen LogP contribution in [0.3, 0.4) is 0 Å². The zero-order chi connectivity index (χ0) is 12.1. The van der Waals surface area contributed by atoms with Crippen molar-refractivity contribution in [2.75, 3.05) is 6.61 Å². The first kappa shape index (κ1) is 12.3. The average Bonchev–Trinajstić information content (AvgIpc) is 2.29. The fraction of sp³-hybridized carbons (Fsp3) is 0.385. The number of carbonyl (C=O) groups is 1. The van der Waals surface area contributed by atoms with Gasteiger partial charge in [0.1, 0.15) is 0 Å². The smallest absolute Gasteiger partial charge is 0.338 e. The summed E-state index contributed by atoms with van der Waals surface area (Å²) in [6.45, 7) is 5.86. The molecule has 1 rings (SSSR count). The van der Waals surface area contributed by atoms with Crippen LogP contribution in [-0.2, 0) is 11.2 Å². The van der Waals surface area contributed by atoms with Gasteiger partial charge in [-0.2, -0.15) is 5.26 Å². The average molecular weight is 217 g/mol. The van der Waals surface area contributed by atoms with Gasteiger partial charge in [-0.3, -0.25) is 0 Å². The summed E-state index contributed by atoms with van der Waals surface area (Å²) < 4.78 is 4.96. The molecule has 0 saturated carbocycles. The van der Waals surface area contributed by atoms with Gasteiger partial charge in [-0.25, -0.2) is 4.79 Å². The van der Waals surface area contributed by atoms with E-state index < -0.39 is 0 Å². The number of hydrogen-bond donors (Lipinski definition) is 0. The van der Waals surface area contributed by atoms with Gasteiger partial charge in [0.25, 0.3) is 0 Å². The third-order valence-electron chi connectivity index (χ3n) is 2.49. The van der Waals surface area contributed by atoms with E-state index in [0.29, 0.717) is 23.3 Å². The predicted molar refractivity (Wildman–Crippen MR) is 61.2 cm³/mol. The molecule has 0 atom stereocenters. The Hall–Kier alpha value is -1.82. The highest BCUT2D eigenvalue weighted by Gasteiger charge is 2.14. The minimum atomic E-state index is -0.355. The molecular formula is C13H15NO2. The van der Waals surface area contributed by atoms with Crippen molar-refractivity contribution in [3.8, 4) is 6.07 Å². The van der Waals surface area contributed by atoms with Crippen LogP contribution in [0.15, 0.2) is 12.1 Å². The number of nitriles is 1. The van der Waals surface area contributed by atoms with Gasteiger partial charge in [-0.15, -0.1) is 0 Å². The van der Waals surface area contributed by atoms with Gasteiger partial charge < -0.3 is 4.74 Å². The molecule has 0 aliphatic rings. The summed E-state index contributed by atoms with van der Waals surface area (Å²) >= 11 is 0. The normalized spacial score (nSPS) is 9.62. The highest BCUT2D eigenvalue weighted by atomic mass is 16.5. The number of rotatable bonds is 3. The summed E-state index contributed by atoms with van der Waals surface area (Å²) in [6.07, 6.45) is 0.793. The Morgan fingerprint density at radius 2 is 2.12 bits per heavy atom. The van der Waals surface area contributed by atoms with Gasteiger partial charge in [-0.05, 0) is 43.5 Å². The topological polar surface area (TPSA) is 50.1 Å². The monoisotopic (exact) mass is 217 g/mol. The lowest BCUT2D eigenvalue weighted by Gasteiger charge is -2.09. The van der Waals surface area contributed by atoms with Crippen LogP contribution in [0.25, 0.3) is 0 Å². The van der Waals surface area contributed by atoms with Gasteiger partial charge in [0, 0.05) is 0 Å². The van der Waals surface area contributed by atoms with Gasteiger partial charge >= 0.3 is 5.97 Å². The first-order valence-electron chi connectivity index (χ1n) is 5.34. The number of aryl methyl sites for hydroxylation is 1. The first-order chi connectivity index (χ1) is 7.63. The van der Waals surface area contributed by atoms with Crippen molar-refractivity contribution in [2.24, 2.45) is 0 Å². The minimum absolute atomic E-state index is 0.344. The molecule has 0 aliphatic carbocycles. The Morgan fingerprint density at radius 3 is 2.62 bits per heavy atom. The number of carbonyl (C=O) groups excluding carboxylic acids is 1. The Morgan fingerprint density at radius 1 is 1.44 bits per heavy atom. The molecule has 3 heteroatoms. The molecule has 0 aliphatic heterocycles. The molecule has 0 unspecified atom stereocenters. The molecule has 0 N–H and O–H groups in total.